The van der Waals surface area contributed by atoms with E-state index in [0.29, 0.717) is 0 Å². The molecule has 21 heavy (non-hydrogen) atoms. The van der Waals surface area contributed by atoms with Crippen LogP contribution in [0.2, 0.25) is 0 Å². The Kier molecular flexibility index (Phi) is 5.60. The molecule has 0 spiro atoms. The summed E-state index contributed by atoms with van der Waals surface area (Å²) in [6, 6.07) is 5.36. The monoisotopic (exact) mass is 313 g/mol. The molecule has 1 rings (SSSR count). The Morgan fingerprint density at radius 1 is 1.10 bits per heavy atom. The number of hydrogen-bond donors (Lipinski definition) is 2. The maximum Gasteiger partial charge on any atom is 0.303 e. The highest BCUT2D eigenvalue weighted by Crippen LogP contribution is 2.10. The highest BCUT2D eigenvalue weighted by Gasteiger charge is 2.11. The molecule has 0 saturated carbocycles. The molecule has 0 aliphatic carbocycles. The van der Waals surface area contributed by atoms with Crippen LogP contribution in [0.1, 0.15) is 23.2 Å². The second-order valence-corrected chi connectivity index (χ2v) is 6.41. The van der Waals surface area contributed by atoms with Crippen LogP contribution in [0.3, 0.4) is 0 Å². The number of carbonyl (C=O) groups is 3. The van der Waals surface area contributed by atoms with Gasteiger partial charge in [-0.05, 0) is 12.1 Å². The first kappa shape index (κ1) is 16.8. The lowest BCUT2D eigenvalue weighted by Crippen LogP contribution is -2.29. The van der Waals surface area contributed by atoms with E-state index in [1.807, 2.05) is 0 Å². The molecule has 0 saturated heterocycles. The third-order valence-corrected chi connectivity index (χ3v) is 3.74. The molecule has 0 aromatic heterocycles. The molecular formula is C13H15NO6S. The average molecular weight is 313 g/mol. The minimum absolute atomic E-state index is 0.101. The minimum Gasteiger partial charge on any atom is -0.481 e. The van der Waals surface area contributed by atoms with Gasteiger partial charge in [0.15, 0.2) is 15.6 Å². The smallest absolute Gasteiger partial charge is 0.303 e. The van der Waals surface area contributed by atoms with Gasteiger partial charge in [-0.1, -0.05) is 12.1 Å². The van der Waals surface area contributed by atoms with Crippen LogP contribution in [0.15, 0.2) is 29.2 Å². The van der Waals surface area contributed by atoms with Crippen molar-refractivity contribution in [1.29, 1.82) is 0 Å². The van der Waals surface area contributed by atoms with Crippen LogP contribution in [-0.4, -0.2) is 44.0 Å². The second-order valence-electron chi connectivity index (χ2n) is 4.39. The van der Waals surface area contributed by atoms with Gasteiger partial charge in [-0.2, -0.15) is 0 Å². The van der Waals surface area contributed by atoms with E-state index in [1.165, 1.54) is 24.3 Å². The zero-order chi connectivity index (χ0) is 16.0. The molecule has 0 unspecified atom stereocenters. The summed E-state index contributed by atoms with van der Waals surface area (Å²) >= 11 is 0. The van der Waals surface area contributed by atoms with Crippen molar-refractivity contribution < 1.29 is 27.9 Å². The molecule has 0 radical (unpaired) electrons. The van der Waals surface area contributed by atoms with Crippen LogP contribution in [0, 0.1) is 0 Å². The predicted octanol–water partition coefficient (Wildman–Crippen LogP) is 0.254. The third-order valence-electron chi connectivity index (χ3n) is 2.62. The van der Waals surface area contributed by atoms with Crippen molar-refractivity contribution >= 4 is 27.5 Å². The van der Waals surface area contributed by atoms with Gasteiger partial charge in [0.05, 0.1) is 17.9 Å². The molecule has 0 aliphatic heterocycles. The maximum atomic E-state index is 11.8. The summed E-state index contributed by atoms with van der Waals surface area (Å²) in [4.78, 5) is 33.4. The fourth-order valence-corrected chi connectivity index (χ4v) is 2.11. The van der Waals surface area contributed by atoms with Gasteiger partial charge < -0.3 is 10.4 Å². The fourth-order valence-electron chi connectivity index (χ4n) is 1.48. The van der Waals surface area contributed by atoms with Gasteiger partial charge in [-0.3, -0.25) is 14.4 Å². The van der Waals surface area contributed by atoms with Crippen molar-refractivity contribution in [3.05, 3.63) is 29.8 Å². The van der Waals surface area contributed by atoms with E-state index in [-0.39, 0.29) is 29.8 Å². The van der Waals surface area contributed by atoms with Crippen molar-refractivity contribution in [2.24, 2.45) is 0 Å². The van der Waals surface area contributed by atoms with Gasteiger partial charge in [-0.25, -0.2) is 8.42 Å². The summed E-state index contributed by atoms with van der Waals surface area (Å²) in [5.41, 5.74) is 0.265. The number of sulfone groups is 1. The molecule has 2 N–H and O–H groups in total. The molecule has 0 atom stereocenters. The Labute approximate surface area is 121 Å². The van der Waals surface area contributed by atoms with E-state index < -0.39 is 27.5 Å². The normalized spacial score (nSPS) is 10.9. The molecular weight excluding hydrogens is 298 g/mol. The quantitative estimate of drug-likeness (QED) is 0.697. The van der Waals surface area contributed by atoms with Crippen molar-refractivity contribution in [2.45, 2.75) is 17.7 Å². The standard InChI is InChI=1S/C13H15NO6S/c1-21(19,20)10-4-2-9(3-5-10)11(15)8-14-12(16)6-7-13(17)18/h2-5H,6-8H2,1H3,(H,14,16)(H,17,18). The zero-order valence-electron chi connectivity index (χ0n) is 11.3. The largest absolute Gasteiger partial charge is 0.481 e. The van der Waals surface area contributed by atoms with E-state index in [9.17, 15) is 22.8 Å². The number of hydrogen-bond acceptors (Lipinski definition) is 5. The summed E-state index contributed by atoms with van der Waals surface area (Å²) in [5, 5.41) is 10.7. The topological polar surface area (TPSA) is 118 Å². The molecule has 114 valence electrons. The van der Waals surface area contributed by atoms with Gasteiger partial charge in [-0.15, -0.1) is 0 Å². The van der Waals surface area contributed by atoms with E-state index >= 15 is 0 Å². The van der Waals surface area contributed by atoms with Gasteiger partial charge in [0.25, 0.3) is 0 Å². The summed E-state index contributed by atoms with van der Waals surface area (Å²) in [6.45, 7) is -0.267. The van der Waals surface area contributed by atoms with Crippen LogP contribution in [0.25, 0.3) is 0 Å². The van der Waals surface area contributed by atoms with E-state index in [0.717, 1.165) is 6.26 Å². The van der Waals surface area contributed by atoms with E-state index in [2.05, 4.69) is 5.32 Å². The molecule has 0 bridgehead atoms. The molecule has 1 aromatic carbocycles. The number of carbonyl (C=O) groups excluding carboxylic acids is 2. The summed E-state index contributed by atoms with van der Waals surface area (Å²) in [5.74, 6) is -2.01. The third kappa shape index (κ3) is 5.74. The molecule has 1 amide bonds. The Morgan fingerprint density at radius 3 is 2.14 bits per heavy atom. The predicted molar refractivity (Wildman–Crippen MR) is 73.8 cm³/mol. The summed E-state index contributed by atoms with van der Waals surface area (Å²) in [7, 11) is -3.32. The van der Waals surface area contributed by atoms with E-state index in [1.54, 1.807) is 0 Å². The van der Waals surface area contributed by atoms with Crippen molar-refractivity contribution in [2.75, 3.05) is 12.8 Å². The van der Waals surface area contributed by atoms with Crippen LogP contribution in [0.4, 0.5) is 0 Å². The van der Waals surface area contributed by atoms with Crippen LogP contribution in [-0.2, 0) is 19.4 Å². The number of aliphatic carboxylic acids is 1. The zero-order valence-corrected chi connectivity index (χ0v) is 12.1. The fraction of sp³-hybridized carbons (Fsp3) is 0.308. The number of carboxylic acid groups (broad SMARTS) is 1. The highest BCUT2D eigenvalue weighted by atomic mass is 32.2. The summed E-state index contributed by atoms with van der Waals surface area (Å²) in [6.07, 6.45) is 0.561. The van der Waals surface area contributed by atoms with Crippen molar-refractivity contribution in [1.82, 2.24) is 5.32 Å². The molecule has 1 aromatic rings. The number of carboxylic acids is 1. The van der Waals surface area contributed by atoms with Gasteiger partial charge in [0.1, 0.15) is 0 Å². The Morgan fingerprint density at radius 2 is 1.67 bits per heavy atom. The van der Waals surface area contributed by atoms with Crippen molar-refractivity contribution in [3.63, 3.8) is 0 Å². The lowest BCUT2D eigenvalue weighted by molar-refractivity contribution is -0.138. The number of rotatable bonds is 7. The van der Waals surface area contributed by atoms with Crippen LogP contribution < -0.4 is 5.32 Å². The molecule has 8 heteroatoms. The first-order valence-corrected chi connectivity index (χ1v) is 7.91. The Balaban J connectivity index is 2.56. The SMILES string of the molecule is CS(=O)(=O)c1ccc(C(=O)CNC(=O)CCC(=O)O)cc1. The van der Waals surface area contributed by atoms with Crippen molar-refractivity contribution in [3.8, 4) is 0 Å². The Bertz CT molecular complexity index is 648. The van der Waals surface area contributed by atoms with Gasteiger partial charge in [0, 0.05) is 18.2 Å². The lowest BCUT2D eigenvalue weighted by atomic mass is 10.1. The van der Waals surface area contributed by atoms with Gasteiger partial charge in [0.2, 0.25) is 5.91 Å². The number of Topliss-reactive ketones (excluding diaryl/α,β-unsaturated/α-hetero) is 1. The highest BCUT2D eigenvalue weighted by molar-refractivity contribution is 7.90. The lowest BCUT2D eigenvalue weighted by Gasteiger charge is -2.05. The molecule has 0 fully saturated rings. The summed E-state index contributed by atoms with van der Waals surface area (Å²) < 4.78 is 22.5. The average Bonchev–Trinajstić information content (AvgIpc) is 2.41. The van der Waals surface area contributed by atoms with E-state index in [4.69, 9.17) is 5.11 Å². The maximum absolute atomic E-state index is 11.8. The first-order chi connectivity index (χ1) is 9.70. The second kappa shape index (κ2) is 6.98. The number of benzene rings is 1. The first-order valence-electron chi connectivity index (χ1n) is 6.02. The molecule has 7 nitrogen and oxygen atoms in total. The number of amides is 1. The van der Waals surface area contributed by atoms with Gasteiger partial charge >= 0.3 is 5.97 Å². The number of nitrogens with one attached hydrogen (secondary N) is 1. The Hall–Kier alpha value is -2.22. The minimum atomic E-state index is -3.32. The molecule has 0 aliphatic rings. The number of ketones is 1. The van der Waals surface area contributed by atoms with Crippen LogP contribution in [0.5, 0.6) is 0 Å². The van der Waals surface area contributed by atoms with Crippen LogP contribution >= 0.6 is 0 Å². The molecule has 0 heterocycles.